The molecular weight excluding hydrogens is 722 g/mol. The van der Waals surface area contributed by atoms with Gasteiger partial charge < -0.3 is 23.9 Å². The summed E-state index contributed by atoms with van der Waals surface area (Å²) in [6.07, 6.45) is 5.57. The molecule has 0 bridgehead atoms. The number of morpholine rings is 1. The molecule has 288 valence electrons. The van der Waals surface area contributed by atoms with Crippen molar-refractivity contribution in [1.82, 2.24) is 18.9 Å². The highest BCUT2D eigenvalue weighted by molar-refractivity contribution is 6.13. The number of rotatable bonds is 7. The molecule has 10 heteroatoms. The quantitative estimate of drug-likeness (QED) is 0.177. The van der Waals surface area contributed by atoms with E-state index in [0.29, 0.717) is 36.6 Å². The van der Waals surface area contributed by atoms with Crippen molar-refractivity contribution in [1.29, 1.82) is 0 Å². The maximum Gasteiger partial charge on any atom is 0.264 e. The van der Waals surface area contributed by atoms with Crippen molar-refractivity contribution >= 4 is 46.5 Å². The Labute approximate surface area is 334 Å². The lowest BCUT2D eigenvalue weighted by atomic mass is 9.91. The van der Waals surface area contributed by atoms with Crippen LogP contribution in [0.1, 0.15) is 55.9 Å². The summed E-state index contributed by atoms with van der Waals surface area (Å²) in [6.45, 7) is 7.34. The van der Waals surface area contributed by atoms with Gasteiger partial charge in [0, 0.05) is 96.8 Å². The summed E-state index contributed by atoms with van der Waals surface area (Å²) in [5, 5.41) is 11.2. The van der Waals surface area contributed by atoms with E-state index in [1.807, 2.05) is 49.6 Å². The SMILES string of the molecule is Cc1ccc(C(=O)N2Cc3ccccc3C[C@H]2CN2CCOCC2)c(-c2cc(C(=O)N(c3ccc(O)cc3)c3ccc4c(ccn4C)c3)c3n2CCCC3)c1.Cl. The average Bonchev–Trinajstić information content (AvgIpc) is 3.79. The second-order valence-corrected chi connectivity index (χ2v) is 15.3. The van der Waals surface area contributed by atoms with Gasteiger partial charge in [0.25, 0.3) is 11.8 Å². The van der Waals surface area contributed by atoms with E-state index in [1.165, 1.54) is 11.1 Å². The second-order valence-electron chi connectivity index (χ2n) is 15.3. The number of fused-ring (bicyclic) bond motifs is 3. The summed E-state index contributed by atoms with van der Waals surface area (Å²) < 4.78 is 10.0. The standard InChI is InChI=1S/C46H47N5O4.ClH/c1-31-10-16-39(45(53)50-29-34-8-4-3-7-32(34)26-37(50)30-48-21-23-55-24-22-48)40(25-31)44-28-41(43-9-5-6-19-49(43)44)46(54)51(35-11-14-38(52)15-12-35)36-13-17-42-33(27-36)18-20-47(42)2;/h3-4,7-8,10-18,20,25,27-28,37,52H,5-6,9,19,21-24,26,29-30H2,1-2H3;1H/t37-;/m0./s1. The molecule has 3 aliphatic rings. The monoisotopic (exact) mass is 769 g/mol. The number of aryl methyl sites for hydroxylation is 2. The van der Waals surface area contributed by atoms with Crippen LogP contribution in [0.4, 0.5) is 11.4 Å². The van der Waals surface area contributed by atoms with Crippen LogP contribution in [-0.4, -0.2) is 74.7 Å². The lowest BCUT2D eigenvalue weighted by Crippen LogP contribution is -2.52. The summed E-state index contributed by atoms with van der Waals surface area (Å²) >= 11 is 0. The molecule has 2 amide bonds. The number of aromatic nitrogens is 2. The molecule has 1 N–H and O–H groups in total. The summed E-state index contributed by atoms with van der Waals surface area (Å²) in [4.78, 5) is 36.5. The topological polar surface area (TPSA) is 83.2 Å². The first-order valence-corrected chi connectivity index (χ1v) is 19.5. The minimum absolute atomic E-state index is 0. The molecule has 1 fully saturated rings. The van der Waals surface area contributed by atoms with Gasteiger partial charge in [0.2, 0.25) is 0 Å². The largest absolute Gasteiger partial charge is 0.508 e. The number of hydrogen-bond acceptors (Lipinski definition) is 5. The third-order valence-electron chi connectivity index (χ3n) is 11.8. The number of phenolic OH excluding ortho intramolecular Hbond substituents is 1. The fourth-order valence-corrected chi connectivity index (χ4v) is 8.88. The van der Waals surface area contributed by atoms with Crippen molar-refractivity contribution in [3.05, 3.63) is 137 Å². The molecule has 1 saturated heterocycles. The predicted octanol–water partition coefficient (Wildman–Crippen LogP) is 8.30. The van der Waals surface area contributed by atoms with Gasteiger partial charge in [0.15, 0.2) is 0 Å². The van der Waals surface area contributed by atoms with Crippen LogP contribution in [0.5, 0.6) is 5.75 Å². The number of phenols is 1. The molecule has 0 unspecified atom stereocenters. The number of amides is 2. The van der Waals surface area contributed by atoms with Crippen molar-refractivity contribution in [3.63, 3.8) is 0 Å². The molecule has 1 atom stereocenters. The molecule has 0 saturated carbocycles. The molecule has 0 aliphatic carbocycles. The van der Waals surface area contributed by atoms with Crippen molar-refractivity contribution < 1.29 is 19.4 Å². The Balaban J connectivity index is 0.00000441. The lowest BCUT2D eigenvalue weighted by Gasteiger charge is -2.40. The Morgan fingerprint density at radius 1 is 0.839 bits per heavy atom. The summed E-state index contributed by atoms with van der Waals surface area (Å²) in [5.41, 5.74) is 10.1. The van der Waals surface area contributed by atoms with E-state index in [0.717, 1.165) is 91.0 Å². The summed E-state index contributed by atoms with van der Waals surface area (Å²) in [6, 6.07) is 31.6. The van der Waals surface area contributed by atoms with Gasteiger partial charge in [-0.25, -0.2) is 0 Å². The number of ether oxygens (including phenoxy) is 1. The van der Waals surface area contributed by atoms with E-state index < -0.39 is 0 Å². The van der Waals surface area contributed by atoms with Crippen LogP contribution in [0.25, 0.3) is 22.2 Å². The highest BCUT2D eigenvalue weighted by Gasteiger charge is 2.35. The van der Waals surface area contributed by atoms with Crippen LogP contribution in [0, 0.1) is 6.92 Å². The molecule has 3 aliphatic heterocycles. The Morgan fingerprint density at radius 2 is 1.61 bits per heavy atom. The molecule has 5 heterocycles. The second kappa shape index (κ2) is 15.7. The van der Waals surface area contributed by atoms with Crippen LogP contribution in [0.15, 0.2) is 103 Å². The maximum absolute atomic E-state index is 15.1. The lowest BCUT2D eigenvalue weighted by molar-refractivity contribution is 0.0193. The zero-order valence-corrected chi connectivity index (χ0v) is 32.8. The fourth-order valence-electron chi connectivity index (χ4n) is 8.88. The third kappa shape index (κ3) is 7.00. The average molecular weight is 770 g/mol. The van der Waals surface area contributed by atoms with Gasteiger partial charge >= 0.3 is 0 Å². The maximum atomic E-state index is 15.1. The predicted molar refractivity (Wildman–Crippen MR) is 223 cm³/mol. The Bertz CT molecular complexity index is 2410. The first kappa shape index (κ1) is 37.6. The van der Waals surface area contributed by atoms with E-state index >= 15 is 9.59 Å². The molecule has 0 radical (unpaired) electrons. The number of hydrogen-bond donors (Lipinski definition) is 1. The normalized spacial score (nSPS) is 16.9. The van der Waals surface area contributed by atoms with E-state index in [-0.39, 0.29) is 36.0 Å². The number of carbonyl (C=O) groups excluding carboxylic acids is 2. The molecule has 56 heavy (non-hydrogen) atoms. The summed E-state index contributed by atoms with van der Waals surface area (Å²) in [7, 11) is 2.01. The summed E-state index contributed by atoms with van der Waals surface area (Å²) in [5.74, 6) is 0.0136. The fraction of sp³-hybridized carbons (Fsp3) is 0.304. The van der Waals surface area contributed by atoms with Crippen LogP contribution >= 0.6 is 12.4 Å². The van der Waals surface area contributed by atoms with Crippen LogP contribution < -0.4 is 4.90 Å². The number of aromatic hydroxyl groups is 1. The minimum atomic E-state index is -0.142. The van der Waals surface area contributed by atoms with Gasteiger partial charge in [0.1, 0.15) is 5.75 Å². The van der Waals surface area contributed by atoms with Crippen molar-refractivity contribution in [2.45, 2.75) is 51.7 Å². The van der Waals surface area contributed by atoms with Gasteiger partial charge in [-0.15, -0.1) is 12.4 Å². The van der Waals surface area contributed by atoms with E-state index in [9.17, 15) is 5.11 Å². The molecule has 9 nitrogen and oxygen atoms in total. The van der Waals surface area contributed by atoms with Crippen molar-refractivity contribution in [2.24, 2.45) is 7.05 Å². The van der Waals surface area contributed by atoms with Gasteiger partial charge in [-0.3, -0.25) is 19.4 Å². The molecule has 0 spiro atoms. The number of halogens is 1. The smallest absolute Gasteiger partial charge is 0.264 e. The van der Waals surface area contributed by atoms with Gasteiger partial charge in [-0.2, -0.15) is 0 Å². The van der Waals surface area contributed by atoms with Crippen LogP contribution in [-0.2, 0) is 37.7 Å². The van der Waals surface area contributed by atoms with Crippen LogP contribution in [0.2, 0.25) is 0 Å². The van der Waals surface area contributed by atoms with Crippen molar-refractivity contribution in [2.75, 3.05) is 37.7 Å². The first-order chi connectivity index (χ1) is 26.8. The molecule has 4 aromatic carbocycles. The zero-order chi connectivity index (χ0) is 37.6. The molecule has 2 aromatic heterocycles. The third-order valence-corrected chi connectivity index (χ3v) is 11.8. The van der Waals surface area contributed by atoms with Gasteiger partial charge in [0.05, 0.1) is 18.8 Å². The first-order valence-electron chi connectivity index (χ1n) is 19.5. The van der Waals surface area contributed by atoms with Crippen molar-refractivity contribution in [3.8, 4) is 17.0 Å². The highest BCUT2D eigenvalue weighted by atomic mass is 35.5. The Kier molecular flexibility index (Phi) is 10.5. The molecule has 6 aromatic rings. The van der Waals surface area contributed by atoms with E-state index in [4.69, 9.17) is 4.74 Å². The zero-order valence-electron chi connectivity index (χ0n) is 32.0. The Hall–Kier alpha value is -5.35. The van der Waals surface area contributed by atoms with E-state index in [1.54, 1.807) is 29.2 Å². The van der Waals surface area contributed by atoms with Crippen LogP contribution in [0.3, 0.4) is 0 Å². The number of carbonyl (C=O) groups is 2. The van der Waals surface area contributed by atoms with Gasteiger partial charge in [-0.1, -0.05) is 35.9 Å². The number of benzene rings is 4. The molecule has 9 rings (SSSR count). The minimum Gasteiger partial charge on any atom is -0.508 e. The van der Waals surface area contributed by atoms with Gasteiger partial charge in [-0.05, 0) is 110 Å². The van der Waals surface area contributed by atoms with E-state index in [2.05, 4.69) is 62.3 Å². The number of anilines is 2. The Morgan fingerprint density at radius 3 is 2.41 bits per heavy atom. The highest BCUT2D eigenvalue weighted by Crippen LogP contribution is 2.38. The number of nitrogens with zero attached hydrogens (tertiary/aromatic N) is 5. The molecular formula is C46H48ClN5O4.